The third-order valence-electron chi connectivity index (χ3n) is 4.11. The number of β-amino-alcohol motifs (C(OH)–C–C–N with tert-alkyl or cyclic N) is 1. The third kappa shape index (κ3) is 3.50. The van der Waals surface area contributed by atoms with Crippen LogP contribution in [0.3, 0.4) is 0 Å². The number of aromatic nitrogens is 2. The van der Waals surface area contributed by atoms with Crippen LogP contribution in [-0.4, -0.2) is 33.6 Å². The summed E-state index contributed by atoms with van der Waals surface area (Å²) in [5.74, 6) is 0. The maximum atomic E-state index is 12.8. The molecule has 3 rings (SSSR count). The summed E-state index contributed by atoms with van der Waals surface area (Å²) in [6.07, 6.45) is -2.68. The normalized spacial score (nSPS) is 21.0. The second-order valence-corrected chi connectivity index (χ2v) is 6.66. The van der Waals surface area contributed by atoms with Crippen LogP contribution in [0.1, 0.15) is 18.9 Å². The number of benzene rings is 1. The van der Waals surface area contributed by atoms with Crippen molar-refractivity contribution in [3.8, 4) is 5.69 Å². The molecule has 1 fully saturated rings. The second kappa shape index (κ2) is 6.03. The molecule has 1 unspecified atom stereocenters. The molecule has 9 heteroatoms. The Morgan fingerprint density at radius 2 is 2.08 bits per heavy atom. The van der Waals surface area contributed by atoms with Gasteiger partial charge in [0, 0.05) is 13.1 Å². The second-order valence-electron chi connectivity index (χ2n) is 6.28. The standard InChI is InChI=1S/C16H15ClF3N3O2/c1-15(25)5-6-22(9-15)12-8-21-23(14(24)13(12)17)11-4-2-3-10(7-11)16(18,19)20/h2-4,7-8,25H,5-6,9H2,1H3. The van der Waals surface area contributed by atoms with Gasteiger partial charge < -0.3 is 10.0 Å². The molecule has 1 aromatic heterocycles. The number of halogens is 4. The highest BCUT2D eigenvalue weighted by molar-refractivity contribution is 6.33. The Bertz CT molecular complexity index is 864. The van der Waals surface area contributed by atoms with Crippen LogP contribution >= 0.6 is 11.6 Å². The summed E-state index contributed by atoms with van der Waals surface area (Å²) in [5.41, 5.74) is -2.16. The molecule has 0 spiro atoms. The predicted octanol–water partition coefficient (Wildman–Crippen LogP) is 2.87. The van der Waals surface area contributed by atoms with Crippen molar-refractivity contribution >= 4 is 17.3 Å². The summed E-state index contributed by atoms with van der Waals surface area (Å²) in [4.78, 5) is 14.2. The van der Waals surface area contributed by atoms with Gasteiger partial charge in [0.2, 0.25) is 0 Å². The molecule has 1 aliphatic heterocycles. The Kier molecular flexibility index (Phi) is 4.28. The Labute approximate surface area is 146 Å². The molecule has 0 radical (unpaired) electrons. The molecule has 1 N–H and O–H groups in total. The summed E-state index contributed by atoms with van der Waals surface area (Å²) in [5, 5.41) is 13.8. The lowest BCUT2D eigenvalue weighted by Gasteiger charge is -2.21. The molecule has 2 aromatic rings. The third-order valence-corrected chi connectivity index (χ3v) is 4.47. The van der Waals surface area contributed by atoms with Crippen molar-refractivity contribution in [3.63, 3.8) is 0 Å². The van der Waals surface area contributed by atoms with Crippen LogP contribution < -0.4 is 10.5 Å². The minimum atomic E-state index is -4.52. The molecular weight excluding hydrogens is 359 g/mol. The summed E-state index contributed by atoms with van der Waals surface area (Å²) < 4.78 is 39.4. The zero-order valence-corrected chi connectivity index (χ0v) is 14.0. The highest BCUT2D eigenvalue weighted by atomic mass is 35.5. The highest BCUT2D eigenvalue weighted by Gasteiger charge is 2.33. The fraction of sp³-hybridized carbons (Fsp3) is 0.375. The minimum absolute atomic E-state index is 0.0262. The maximum absolute atomic E-state index is 12.8. The topological polar surface area (TPSA) is 58.4 Å². The zero-order chi connectivity index (χ0) is 18.4. The van der Waals surface area contributed by atoms with Gasteiger partial charge >= 0.3 is 6.18 Å². The molecule has 134 valence electrons. The summed E-state index contributed by atoms with van der Waals surface area (Å²) in [6.45, 7) is 2.47. The van der Waals surface area contributed by atoms with Gasteiger partial charge in [-0.05, 0) is 31.5 Å². The first kappa shape index (κ1) is 17.8. The van der Waals surface area contributed by atoms with Crippen molar-refractivity contribution in [3.05, 3.63) is 51.4 Å². The van der Waals surface area contributed by atoms with Crippen molar-refractivity contribution in [2.45, 2.75) is 25.1 Å². The van der Waals surface area contributed by atoms with Crippen molar-refractivity contribution < 1.29 is 18.3 Å². The number of aliphatic hydroxyl groups is 1. The van der Waals surface area contributed by atoms with E-state index in [9.17, 15) is 23.1 Å². The molecule has 2 heterocycles. The molecule has 1 saturated heterocycles. The van der Waals surface area contributed by atoms with E-state index >= 15 is 0 Å². The summed E-state index contributed by atoms with van der Waals surface area (Å²) in [6, 6.07) is 4.30. The lowest BCUT2D eigenvalue weighted by Crippen LogP contribution is -2.31. The van der Waals surface area contributed by atoms with Gasteiger partial charge in [0.15, 0.2) is 0 Å². The Morgan fingerprint density at radius 1 is 1.36 bits per heavy atom. The average Bonchev–Trinajstić information content (AvgIpc) is 2.89. The quantitative estimate of drug-likeness (QED) is 0.879. The van der Waals surface area contributed by atoms with Crippen LogP contribution in [0.25, 0.3) is 5.69 Å². The van der Waals surface area contributed by atoms with E-state index < -0.39 is 22.9 Å². The first-order chi connectivity index (χ1) is 11.6. The minimum Gasteiger partial charge on any atom is -0.388 e. The van der Waals surface area contributed by atoms with Crippen molar-refractivity contribution in [2.24, 2.45) is 0 Å². The van der Waals surface area contributed by atoms with Gasteiger partial charge in [-0.25, -0.2) is 0 Å². The van der Waals surface area contributed by atoms with E-state index in [-0.39, 0.29) is 10.7 Å². The van der Waals surface area contributed by atoms with Gasteiger partial charge in [-0.1, -0.05) is 17.7 Å². The van der Waals surface area contributed by atoms with Crippen molar-refractivity contribution in [1.29, 1.82) is 0 Å². The average molecular weight is 374 g/mol. The van der Waals surface area contributed by atoms with E-state index in [0.717, 1.165) is 16.8 Å². The SMILES string of the molecule is CC1(O)CCN(c2cnn(-c3cccc(C(F)(F)F)c3)c(=O)c2Cl)C1. The number of rotatable bonds is 2. The van der Waals surface area contributed by atoms with E-state index in [1.807, 2.05) is 0 Å². The zero-order valence-electron chi connectivity index (χ0n) is 13.2. The van der Waals surface area contributed by atoms with E-state index in [2.05, 4.69) is 5.10 Å². The number of hydrogen-bond donors (Lipinski definition) is 1. The Morgan fingerprint density at radius 3 is 2.68 bits per heavy atom. The lowest BCUT2D eigenvalue weighted by molar-refractivity contribution is -0.137. The van der Waals surface area contributed by atoms with Crippen LogP contribution in [-0.2, 0) is 6.18 Å². The van der Waals surface area contributed by atoms with E-state index in [1.165, 1.54) is 18.3 Å². The summed E-state index contributed by atoms with van der Waals surface area (Å²) >= 11 is 6.13. The largest absolute Gasteiger partial charge is 0.416 e. The first-order valence-electron chi connectivity index (χ1n) is 7.51. The van der Waals surface area contributed by atoms with Crippen LogP contribution in [0.4, 0.5) is 18.9 Å². The predicted molar refractivity (Wildman–Crippen MR) is 87.3 cm³/mol. The molecule has 0 saturated carbocycles. The lowest BCUT2D eigenvalue weighted by atomic mass is 10.1. The smallest absolute Gasteiger partial charge is 0.388 e. The molecule has 25 heavy (non-hydrogen) atoms. The molecule has 0 amide bonds. The fourth-order valence-electron chi connectivity index (χ4n) is 2.79. The van der Waals surface area contributed by atoms with E-state index in [1.54, 1.807) is 11.8 Å². The monoisotopic (exact) mass is 373 g/mol. The van der Waals surface area contributed by atoms with Crippen LogP contribution in [0.15, 0.2) is 35.3 Å². The first-order valence-corrected chi connectivity index (χ1v) is 7.89. The van der Waals surface area contributed by atoms with Crippen molar-refractivity contribution in [1.82, 2.24) is 9.78 Å². The maximum Gasteiger partial charge on any atom is 0.416 e. The molecule has 1 atom stereocenters. The summed E-state index contributed by atoms with van der Waals surface area (Å²) in [7, 11) is 0. The van der Waals surface area contributed by atoms with E-state index in [4.69, 9.17) is 11.6 Å². The molecule has 0 aliphatic carbocycles. The van der Waals surface area contributed by atoms with Crippen molar-refractivity contribution in [2.75, 3.05) is 18.0 Å². The fourth-order valence-corrected chi connectivity index (χ4v) is 3.04. The number of nitrogens with zero attached hydrogens (tertiary/aromatic N) is 3. The van der Waals surface area contributed by atoms with Gasteiger partial charge in [0.1, 0.15) is 5.02 Å². The highest BCUT2D eigenvalue weighted by Crippen LogP contribution is 2.31. The van der Waals surface area contributed by atoms with Gasteiger partial charge in [0.25, 0.3) is 5.56 Å². The van der Waals surface area contributed by atoms with Gasteiger partial charge in [-0.2, -0.15) is 23.0 Å². The van der Waals surface area contributed by atoms with Crippen LogP contribution in [0, 0.1) is 0 Å². The number of hydrogen-bond acceptors (Lipinski definition) is 4. The molecule has 0 bridgehead atoms. The van der Waals surface area contributed by atoms with E-state index in [0.29, 0.717) is 25.2 Å². The molecular formula is C16H15ClF3N3O2. The Balaban J connectivity index is 2.01. The van der Waals surface area contributed by atoms with Gasteiger partial charge in [-0.3, -0.25) is 4.79 Å². The number of anilines is 1. The Hall–Kier alpha value is -2.06. The number of alkyl halides is 3. The molecule has 1 aliphatic rings. The van der Waals surface area contributed by atoms with Crippen LogP contribution in [0.2, 0.25) is 5.02 Å². The molecule has 5 nitrogen and oxygen atoms in total. The van der Waals surface area contributed by atoms with Gasteiger partial charge in [-0.15, -0.1) is 0 Å². The van der Waals surface area contributed by atoms with Gasteiger partial charge in [0.05, 0.1) is 28.7 Å². The van der Waals surface area contributed by atoms with Crippen LogP contribution in [0.5, 0.6) is 0 Å². The molecule has 1 aromatic carbocycles.